The van der Waals surface area contributed by atoms with Gasteiger partial charge in [-0.3, -0.25) is 9.69 Å². The Labute approximate surface area is 134 Å². The minimum absolute atomic E-state index is 0.0738. The summed E-state index contributed by atoms with van der Waals surface area (Å²) in [4.78, 5) is 17.5. The predicted octanol–water partition coefficient (Wildman–Crippen LogP) is 1.23. The third-order valence-corrected chi connectivity index (χ3v) is 5.75. The highest BCUT2D eigenvalue weighted by atomic mass is 16.5. The third-order valence-electron chi connectivity index (χ3n) is 5.75. The second-order valence-corrected chi connectivity index (χ2v) is 7.40. The van der Waals surface area contributed by atoms with Gasteiger partial charge < -0.3 is 15.0 Å². The molecular weight excluding hydrogens is 278 g/mol. The smallest absolute Gasteiger partial charge is 0.239 e. The molecule has 0 aromatic heterocycles. The van der Waals surface area contributed by atoms with Crippen LogP contribution in [0.1, 0.15) is 44.9 Å². The zero-order valence-electron chi connectivity index (χ0n) is 14.1. The molecule has 0 unspecified atom stereocenters. The molecule has 1 amide bonds. The summed E-state index contributed by atoms with van der Waals surface area (Å²) in [5.74, 6) is 0.191. The lowest BCUT2D eigenvalue weighted by molar-refractivity contribution is -0.135. The van der Waals surface area contributed by atoms with E-state index in [1.807, 2.05) is 0 Å². The minimum atomic E-state index is -0.0738. The third kappa shape index (κ3) is 3.63. The molecule has 0 radical (unpaired) electrons. The van der Waals surface area contributed by atoms with Crippen molar-refractivity contribution in [3.63, 3.8) is 0 Å². The van der Waals surface area contributed by atoms with E-state index in [1.54, 1.807) is 0 Å². The van der Waals surface area contributed by atoms with Gasteiger partial charge in [0.2, 0.25) is 5.91 Å². The summed E-state index contributed by atoms with van der Waals surface area (Å²) in [6.45, 7) is 2.24. The molecule has 5 nitrogen and oxygen atoms in total. The maximum Gasteiger partial charge on any atom is 0.239 e. The monoisotopic (exact) mass is 309 g/mol. The largest absolute Gasteiger partial charge is 0.378 e. The van der Waals surface area contributed by atoms with E-state index in [1.165, 1.54) is 32.1 Å². The molecule has 2 aliphatic carbocycles. The van der Waals surface area contributed by atoms with E-state index in [0.29, 0.717) is 24.7 Å². The van der Waals surface area contributed by atoms with Crippen LogP contribution in [0, 0.1) is 0 Å². The molecule has 1 saturated heterocycles. The topological polar surface area (TPSA) is 44.8 Å². The molecule has 1 heterocycles. The fourth-order valence-electron chi connectivity index (χ4n) is 4.37. The molecule has 3 fully saturated rings. The van der Waals surface area contributed by atoms with Crippen molar-refractivity contribution in [2.75, 3.05) is 33.9 Å². The molecule has 3 rings (SSSR count). The van der Waals surface area contributed by atoms with Gasteiger partial charge in [-0.15, -0.1) is 0 Å². The molecular formula is C17H31N3O2. The van der Waals surface area contributed by atoms with Crippen LogP contribution in [0.2, 0.25) is 0 Å². The first-order valence-electron chi connectivity index (χ1n) is 8.95. The number of nitrogens with one attached hydrogen (secondary N) is 1. The molecule has 126 valence electrons. The normalized spacial score (nSPS) is 34.4. The molecule has 1 aliphatic heterocycles. The van der Waals surface area contributed by atoms with Crippen LogP contribution in [0.5, 0.6) is 0 Å². The van der Waals surface area contributed by atoms with Crippen LogP contribution in [0.3, 0.4) is 0 Å². The second-order valence-electron chi connectivity index (χ2n) is 7.40. The van der Waals surface area contributed by atoms with Crippen LogP contribution in [-0.2, 0) is 9.53 Å². The fraction of sp³-hybridized carbons (Fsp3) is 0.941. The van der Waals surface area contributed by atoms with Gasteiger partial charge in [-0.25, -0.2) is 0 Å². The first-order valence-corrected chi connectivity index (χ1v) is 8.95. The Hall–Kier alpha value is -0.650. The van der Waals surface area contributed by atoms with E-state index >= 15 is 0 Å². The molecule has 0 bridgehead atoms. The number of morpholine rings is 1. The van der Waals surface area contributed by atoms with Crippen molar-refractivity contribution < 1.29 is 9.53 Å². The van der Waals surface area contributed by atoms with Crippen LogP contribution < -0.4 is 5.32 Å². The Morgan fingerprint density at radius 1 is 1.18 bits per heavy atom. The first kappa shape index (κ1) is 16.2. The Kier molecular flexibility index (Phi) is 5.37. The van der Waals surface area contributed by atoms with Crippen LogP contribution >= 0.6 is 0 Å². The van der Waals surface area contributed by atoms with Crippen molar-refractivity contribution in [1.29, 1.82) is 0 Å². The van der Waals surface area contributed by atoms with E-state index in [0.717, 1.165) is 26.0 Å². The minimum Gasteiger partial charge on any atom is -0.378 e. The van der Waals surface area contributed by atoms with Gasteiger partial charge in [0.1, 0.15) is 6.04 Å². The second kappa shape index (κ2) is 7.28. The van der Waals surface area contributed by atoms with Crippen LogP contribution in [0.15, 0.2) is 0 Å². The number of carbonyl (C=O) groups is 1. The number of hydrogen-bond acceptors (Lipinski definition) is 4. The van der Waals surface area contributed by atoms with E-state index in [4.69, 9.17) is 4.74 Å². The van der Waals surface area contributed by atoms with Gasteiger partial charge >= 0.3 is 0 Å². The number of nitrogens with zero attached hydrogens (tertiary/aromatic N) is 2. The first-order chi connectivity index (χ1) is 10.6. The van der Waals surface area contributed by atoms with Crippen molar-refractivity contribution in [2.45, 2.75) is 69.1 Å². The molecule has 1 N–H and O–H groups in total. The highest BCUT2D eigenvalue weighted by Crippen LogP contribution is 2.27. The zero-order valence-corrected chi connectivity index (χ0v) is 14.1. The number of hydrogen-bond donors (Lipinski definition) is 1. The van der Waals surface area contributed by atoms with Crippen molar-refractivity contribution in [1.82, 2.24) is 15.1 Å². The van der Waals surface area contributed by atoms with Crippen molar-refractivity contribution in [3.8, 4) is 0 Å². The molecule has 3 atom stereocenters. The van der Waals surface area contributed by atoms with Gasteiger partial charge in [-0.1, -0.05) is 12.8 Å². The van der Waals surface area contributed by atoms with Gasteiger partial charge in [-0.2, -0.15) is 0 Å². The fourth-order valence-corrected chi connectivity index (χ4v) is 4.37. The Bertz CT molecular complexity index is 382. The average Bonchev–Trinajstić information content (AvgIpc) is 3.18. The summed E-state index contributed by atoms with van der Waals surface area (Å²) < 4.78 is 5.61. The molecule has 0 aromatic carbocycles. The SMILES string of the molecule is CN(C)[C@H]1CC[C@@H](NC(=O)[C@H]2COCCN2C2CCCC2)C1. The van der Waals surface area contributed by atoms with Crippen molar-refractivity contribution in [3.05, 3.63) is 0 Å². The highest BCUT2D eigenvalue weighted by Gasteiger charge is 2.37. The van der Waals surface area contributed by atoms with Gasteiger partial charge in [0.15, 0.2) is 0 Å². The Morgan fingerprint density at radius 2 is 1.95 bits per heavy atom. The lowest BCUT2D eigenvalue weighted by Gasteiger charge is -2.39. The van der Waals surface area contributed by atoms with E-state index in [-0.39, 0.29) is 11.9 Å². The number of rotatable bonds is 4. The number of amides is 1. The molecule has 5 heteroatoms. The Morgan fingerprint density at radius 3 is 2.64 bits per heavy atom. The van der Waals surface area contributed by atoms with Gasteiger partial charge in [0, 0.05) is 24.7 Å². The quantitative estimate of drug-likeness (QED) is 0.848. The van der Waals surface area contributed by atoms with E-state index in [9.17, 15) is 4.79 Å². The summed E-state index contributed by atoms with van der Waals surface area (Å²) in [5, 5.41) is 3.30. The maximum absolute atomic E-state index is 12.8. The van der Waals surface area contributed by atoms with Crippen molar-refractivity contribution >= 4 is 5.91 Å². The summed E-state index contributed by atoms with van der Waals surface area (Å²) >= 11 is 0. The van der Waals surface area contributed by atoms with Crippen molar-refractivity contribution in [2.24, 2.45) is 0 Å². The predicted molar refractivity (Wildman–Crippen MR) is 86.8 cm³/mol. The van der Waals surface area contributed by atoms with Gasteiger partial charge in [-0.05, 0) is 46.2 Å². The molecule has 22 heavy (non-hydrogen) atoms. The zero-order chi connectivity index (χ0) is 15.5. The molecule has 3 aliphatic rings. The molecule has 0 aromatic rings. The standard InChI is InChI=1S/C17H31N3O2/c1-19(2)15-8-7-13(11-15)18-17(21)16-12-22-10-9-20(16)14-5-3-4-6-14/h13-16H,3-12H2,1-2H3,(H,18,21)/t13-,15+,16-/m1/s1. The lowest BCUT2D eigenvalue weighted by Crippen LogP contribution is -2.57. The maximum atomic E-state index is 12.8. The van der Waals surface area contributed by atoms with Crippen LogP contribution in [-0.4, -0.2) is 73.7 Å². The highest BCUT2D eigenvalue weighted by molar-refractivity contribution is 5.82. The summed E-state index contributed by atoms with van der Waals surface area (Å²) in [6.07, 6.45) is 8.48. The lowest BCUT2D eigenvalue weighted by atomic mass is 10.1. The molecule has 2 saturated carbocycles. The summed E-state index contributed by atoms with van der Waals surface area (Å²) in [6, 6.07) is 1.47. The van der Waals surface area contributed by atoms with E-state index in [2.05, 4.69) is 29.2 Å². The van der Waals surface area contributed by atoms with Crippen LogP contribution in [0.25, 0.3) is 0 Å². The van der Waals surface area contributed by atoms with E-state index < -0.39 is 0 Å². The number of carbonyl (C=O) groups excluding carboxylic acids is 1. The number of ether oxygens (including phenoxy) is 1. The summed E-state index contributed by atoms with van der Waals surface area (Å²) in [7, 11) is 4.26. The molecule has 0 spiro atoms. The Balaban J connectivity index is 1.55. The summed E-state index contributed by atoms with van der Waals surface area (Å²) in [5.41, 5.74) is 0. The average molecular weight is 309 g/mol. The van der Waals surface area contributed by atoms with Gasteiger partial charge in [0.25, 0.3) is 0 Å². The van der Waals surface area contributed by atoms with Crippen LogP contribution in [0.4, 0.5) is 0 Å². The van der Waals surface area contributed by atoms with Gasteiger partial charge in [0.05, 0.1) is 13.2 Å².